The molecule has 3 rings (SSSR count). The minimum atomic E-state index is -0.191. The molecule has 0 radical (unpaired) electrons. The summed E-state index contributed by atoms with van der Waals surface area (Å²) in [6, 6.07) is 0.344. The molecule has 2 bridgehead atoms. The Hall–Kier alpha value is -1.19. The first kappa shape index (κ1) is 9.37. The van der Waals surface area contributed by atoms with E-state index < -0.39 is 0 Å². The number of nitrogens with zero attached hydrogens (tertiary/aromatic N) is 2. The average Bonchev–Trinajstić information content (AvgIpc) is 2.16. The van der Waals surface area contributed by atoms with E-state index in [1.807, 2.05) is 0 Å². The van der Waals surface area contributed by atoms with Crippen LogP contribution in [0.4, 0.5) is 0 Å². The zero-order chi connectivity index (χ0) is 10.1. The van der Waals surface area contributed by atoms with Crippen LogP contribution in [0.1, 0.15) is 13.8 Å². The average molecular weight is 196 g/mol. The van der Waals surface area contributed by atoms with Crippen molar-refractivity contribution in [2.24, 2.45) is 0 Å². The van der Waals surface area contributed by atoms with Gasteiger partial charge in [-0.15, -0.1) is 0 Å². The molecule has 78 valence electrons. The summed E-state index contributed by atoms with van der Waals surface area (Å²) in [6.45, 7) is 7.21. The van der Waals surface area contributed by atoms with Gasteiger partial charge < -0.3 is 14.5 Å². The Morgan fingerprint density at radius 1 is 1.64 bits per heavy atom. The van der Waals surface area contributed by atoms with E-state index in [1.165, 1.54) is 12.6 Å². The SMILES string of the molecule is CC(=O)OCC1CN2CCN1C=C2C. The normalized spacial score (nSPS) is 25.0. The van der Waals surface area contributed by atoms with E-state index in [1.54, 1.807) is 0 Å². The van der Waals surface area contributed by atoms with Crippen molar-refractivity contribution in [1.82, 2.24) is 9.80 Å². The van der Waals surface area contributed by atoms with Crippen molar-refractivity contribution < 1.29 is 9.53 Å². The molecule has 3 aliphatic heterocycles. The van der Waals surface area contributed by atoms with Gasteiger partial charge >= 0.3 is 5.97 Å². The van der Waals surface area contributed by atoms with Gasteiger partial charge in [0.25, 0.3) is 0 Å². The van der Waals surface area contributed by atoms with Crippen LogP contribution in [0.15, 0.2) is 11.9 Å². The zero-order valence-corrected chi connectivity index (χ0v) is 8.69. The van der Waals surface area contributed by atoms with Crippen molar-refractivity contribution in [3.8, 4) is 0 Å². The molecule has 14 heavy (non-hydrogen) atoms. The number of rotatable bonds is 2. The second kappa shape index (κ2) is 3.52. The number of esters is 1. The minimum absolute atomic E-state index is 0.191. The molecule has 0 aromatic rings. The van der Waals surface area contributed by atoms with Crippen molar-refractivity contribution in [3.05, 3.63) is 11.9 Å². The monoisotopic (exact) mass is 196 g/mol. The molecule has 1 fully saturated rings. The largest absolute Gasteiger partial charge is 0.464 e. The molecule has 1 saturated heterocycles. The van der Waals surface area contributed by atoms with Crippen molar-refractivity contribution in [3.63, 3.8) is 0 Å². The first-order chi connectivity index (χ1) is 6.66. The van der Waals surface area contributed by atoms with E-state index in [-0.39, 0.29) is 5.97 Å². The van der Waals surface area contributed by atoms with E-state index in [4.69, 9.17) is 4.74 Å². The number of carbonyl (C=O) groups is 1. The summed E-state index contributed by atoms with van der Waals surface area (Å²) in [5, 5.41) is 0. The molecule has 0 aliphatic carbocycles. The molecule has 3 aliphatic rings. The van der Waals surface area contributed by atoms with Crippen molar-refractivity contribution >= 4 is 5.97 Å². The molecule has 0 N–H and O–H groups in total. The van der Waals surface area contributed by atoms with Gasteiger partial charge in [-0.2, -0.15) is 0 Å². The van der Waals surface area contributed by atoms with Gasteiger partial charge in [0.05, 0.1) is 6.04 Å². The fourth-order valence-corrected chi connectivity index (χ4v) is 2.04. The van der Waals surface area contributed by atoms with E-state index >= 15 is 0 Å². The number of fused-ring (bicyclic) bond motifs is 2. The Morgan fingerprint density at radius 2 is 2.43 bits per heavy atom. The van der Waals surface area contributed by atoms with Crippen LogP contribution in [0.5, 0.6) is 0 Å². The number of hydrogen-bond donors (Lipinski definition) is 0. The highest BCUT2D eigenvalue weighted by atomic mass is 16.5. The maximum absolute atomic E-state index is 10.7. The van der Waals surface area contributed by atoms with Gasteiger partial charge in [-0.3, -0.25) is 4.79 Å². The van der Waals surface area contributed by atoms with Crippen LogP contribution >= 0.6 is 0 Å². The molecule has 1 atom stereocenters. The lowest BCUT2D eigenvalue weighted by Crippen LogP contribution is -2.56. The van der Waals surface area contributed by atoms with E-state index in [0.717, 1.165) is 19.6 Å². The number of hydrogen-bond acceptors (Lipinski definition) is 4. The summed E-state index contributed by atoms with van der Waals surface area (Å²) in [7, 11) is 0. The fourth-order valence-electron chi connectivity index (χ4n) is 2.04. The lowest BCUT2D eigenvalue weighted by molar-refractivity contribution is -0.143. The highest BCUT2D eigenvalue weighted by Gasteiger charge is 2.30. The third-order valence-corrected chi connectivity index (χ3v) is 2.86. The Morgan fingerprint density at radius 3 is 2.93 bits per heavy atom. The van der Waals surface area contributed by atoms with Gasteiger partial charge in [-0.1, -0.05) is 0 Å². The number of ether oxygens (including phenoxy) is 1. The molecule has 0 saturated carbocycles. The van der Waals surface area contributed by atoms with Gasteiger partial charge in [0.1, 0.15) is 6.61 Å². The van der Waals surface area contributed by atoms with Crippen LogP contribution in [0.25, 0.3) is 0 Å². The Labute approximate surface area is 84.1 Å². The number of allylic oxidation sites excluding steroid dienone is 1. The van der Waals surface area contributed by atoms with Crippen LogP contribution in [-0.2, 0) is 9.53 Å². The summed E-state index contributed by atoms with van der Waals surface area (Å²) in [5.74, 6) is -0.191. The predicted molar refractivity (Wildman–Crippen MR) is 52.5 cm³/mol. The molecule has 4 nitrogen and oxygen atoms in total. The van der Waals surface area contributed by atoms with Crippen LogP contribution in [0.3, 0.4) is 0 Å². The fraction of sp³-hybridized carbons (Fsp3) is 0.700. The van der Waals surface area contributed by atoms with E-state index in [0.29, 0.717) is 12.6 Å². The smallest absolute Gasteiger partial charge is 0.302 e. The highest BCUT2D eigenvalue weighted by molar-refractivity contribution is 5.65. The van der Waals surface area contributed by atoms with Crippen LogP contribution in [0.2, 0.25) is 0 Å². The third kappa shape index (κ3) is 1.69. The van der Waals surface area contributed by atoms with E-state index in [2.05, 4.69) is 22.9 Å². The first-order valence-corrected chi connectivity index (χ1v) is 4.99. The number of carbonyl (C=O) groups excluding carboxylic acids is 1. The summed E-state index contributed by atoms with van der Waals surface area (Å²) in [4.78, 5) is 15.3. The van der Waals surface area contributed by atoms with Crippen LogP contribution < -0.4 is 0 Å². The topological polar surface area (TPSA) is 32.8 Å². The van der Waals surface area contributed by atoms with Crippen LogP contribution in [0, 0.1) is 0 Å². The molecular weight excluding hydrogens is 180 g/mol. The van der Waals surface area contributed by atoms with Gasteiger partial charge in [0.15, 0.2) is 0 Å². The lowest BCUT2D eigenvalue weighted by atomic mass is 10.1. The van der Waals surface area contributed by atoms with Crippen molar-refractivity contribution in [2.75, 3.05) is 26.2 Å². The van der Waals surface area contributed by atoms with Crippen molar-refractivity contribution in [2.45, 2.75) is 19.9 Å². The molecule has 4 heteroatoms. The minimum Gasteiger partial charge on any atom is -0.464 e. The molecule has 1 unspecified atom stereocenters. The summed E-state index contributed by atoms with van der Waals surface area (Å²) in [5.41, 5.74) is 1.32. The summed E-state index contributed by atoms with van der Waals surface area (Å²) in [6.07, 6.45) is 2.15. The molecular formula is C10H16N2O2. The predicted octanol–water partition coefficient (Wildman–Crippen LogP) is 0.411. The molecule has 3 heterocycles. The van der Waals surface area contributed by atoms with E-state index in [9.17, 15) is 4.79 Å². The zero-order valence-electron chi connectivity index (χ0n) is 8.69. The van der Waals surface area contributed by atoms with Gasteiger partial charge in [0, 0.05) is 38.5 Å². The number of piperazine rings is 1. The van der Waals surface area contributed by atoms with Gasteiger partial charge in [0.2, 0.25) is 0 Å². The maximum atomic E-state index is 10.7. The first-order valence-electron chi connectivity index (χ1n) is 4.99. The quantitative estimate of drug-likeness (QED) is 0.599. The van der Waals surface area contributed by atoms with Crippen LogP contribution in [-0.4, -0.2) is 48.1 Å². The third-order valence-electron chi connectivity index (χ3n) is 2.86. The second-order valence-corrected chi connectivity index (χ2v) is 3.91. The molecule has 0 aromatic carbocycles. The lowest BCUT2D eigenvalue weighted by Gasteiger charge is -2.47. The standard InChI is InChI=1S/C10H16N2O2/c1-8-5-12-4-3-11(8)6-10(12)7-14-9(2)13/h5,10H,3-4,6-7H2,1-2H3. The maximum Gasteiger partial charge on any atom is 0.302 e. The Bertz CT molecular complexity index is 275. The Kier molecular flexibility index (Phi) is 2.35. The summed E-state index contributed by atoms with van der Waals surface area (Å²) < 4.78 is 5.03. The second-order valence-electron chi connectivity index (χ2n) is 3.91. The van der Waals surface area contributed by atoms with Gasteiger partial charge in [-0.05, 0) is 6.92 Å². The summed E-state index contributed by atoms with van der Waals surface area (Å²) >= 11 is 0. The Balaban J connectivity index is 1.94. The molecule has 0 spiro atoms. The van der Waals surface area contributed by atoms with Crippen molar-refractivity contribution in [1.29, 1.82) is 0 Å². The van der Waals surface area contributed by atoms with Gasteiger partial charge in [-0.25, -0.2) is 0 Å². The molecule has 0 aromatic heterocycles. The highest BCUT2D eigenvalue weighted by Crippen LogP contribution is 2.22. The molecule has 0 amide bonds.